The number of amides is 1. The van der Waals surface area contributed by atoms with Crippen LogP contribution in [-0.4, -0.2) is 28.1 Å². The van der Waals surface area contributed by atoms with Crippen LogP contribution >= 0.6 is 0 Å². The Morgan fingerprint density at radius 3 is 2.46 bits per heavy atom. The van der Waals surface area contributed by atoms with E-state index in [2.05, 4.69) is 20.4 Å². The van der Waals surface area contributed by atoms with E-state index in [4.69, 9.17) is 9.26 Å². The lowest BCUT2D eigenvalue weighted by atomic mass is 10.1. The molecule has 2 heterocycles. The zero-order valence-corrected chi connectivity index (χ0v) is 16.5. The Bertz CT molecular complexity index is 918. The van der Waals surface area contributed by atoms with E-state index >= 15 is 0 Å². The summed E-state index contributed by atoms with van der Waals surface area (Å²) < 4.78 is 10.4. The molecule has 1 atom stereocenters. The minimum Gasteiger partial charge on any atom is -0.377 e. The van der Waals surface area contributed by atoms with Crippen molar-refractivity contribution in [2.45, 2.75) is 39.3 Å². The highest BCUT2D eigenvalue weighted by molar-refractivity contribution is 5.94. The number of nitrogens with zero attached hydrogens (tertiary/aromatic N) is 3. The summed E-state index contributed by atoms with van der Waals surface area (Å²) in [5, 5.41) is 6.63. The molecule has 146 valence electrons. The third kappa shape index (κ3) is 4.61. The van der Waals surface area contributed by atoms with Gasteiger partial charge in [0.15, 0.2) is 5.82 Å². The first-order valence-corrected chi connectivity index (χ1v) is 9.17. The number of hydrogen-bond donors (Lipinski definition) is 1. The van der Waals surface area contributed by atoms with Gasteiger partial charge in [-0.3, -0.25) is 9.78 Å². The van der Waals surface area contributed by atoms with E-state index in [9.17, 15) is 4.79 Å². The number of benzene rings is 1. The lowest BCUT2D eigenvalue weighted by Gasteiger charge is -2.10. The molecule has 1 aromatic carbocycles. The molecule has 0 radical (unpaired) electrons. The smallest absolute Gasteiger partial charge is 0.253 e. The number of methoxy groups -OCH3 is 1. The fourth-order valence-corrected chi connectivity index (χ4v) is 2.60. The number of nitrogens with one attached hydrogen (secondary N) is 1. The maximum Gasteiger partial charge on any atom is 0.253 e. The zero-order valence-electron chi connectivity index (χ0n) is 16.5. The largest absolute Gasteiger partial charge is 0.377 e. The summed E-state index contributed by atoms with van der Waals surface area (Å²) in [4.78, 5) is 21.0. The molecular formula is C21H24N4O3. The SMILES string of the molecule is COC(C)c1ccc(-c2ccc(C(=O)NCc3noc(C(C)C)n3)cn2)cc1. The Morgan fingerprint density at radius 2 is 1.89 bits per heavy atom. The summed E-state index contributed by atoms with van der Waals surface area (Å²) in [5.74, 6) is 0.924. The van der Waals surface area contributed by atoms with Crippen molar-refractivity contribution in [1.29, 1.82) is 0 Å². The molecule has 1 unspecified atom stereocenters. The summed E-state index contributed by atoms with van der Waals surface area (Å²) in [6.45, 7) is 6.14. The highest BCUT2D eigenvalue weighted by Crippen LogP contribution is 2.22. The Morgan fingerprint density at radius 1 is 1.14 bits per heavy atom. The topological polar surface area (TPSA) is 90.1 Å². The normalized spacial score (nSPS) is 12.2. The summed E-state index contributed by atoms with van der Waals surface area (Å²) in [5.41, 5.74) is 3.35. The van der Waals surface area contributed by atoms with E-state index < -0.39 is 0 Å². The summed E-state index contributed by atoms with van der Waals surface area (Å²) in [6.07, 6.45) is 1.61. The van der Waals surface area contributed by atoms with Gasteiger partial charge in [0, 0.05) is 24.8 Å². The molecule has 0 bridgehead atoms. The molecule has 28 heavy (non-hydrogen) atoms. The molecule has 1 N–H and O–H groups in total. The van der Waals surface area contributed by atoms with Crippen LogP contribution in [-0.2, 0) is 11.3 Å². The van der Waals surface area contributed by atoms with Crippen molar-refractivity contribution in [2.75, 3.05) is 7.11 Å². The summed E-state index contributed by atoms with van der Waals surface area (Å²) in [6, 6.07) is 11.6. The standard InChI is InChI=1S/C21H24N4O3/c1-13(2)21-24-19(25-28-21)12-23-20(26)17-9-10-18(22-11-17)16-7-5-15(6-8-16)14(3)27-4/h5-11,13-14H,12H2,1-4H3,(H,23,26). The Hall–Kier alpha value is -3.06. The molecule has 0 saturated carbocycles. The van der Waals surface area contributed by atoms with E-state index in [0.29, 0.717) is 17.3 Å². The Balaban J connectivity index is 1.62. The van der Waals surface area contributed by atoms with Crippen LogP contribution in [0.1, 0.15) is 60.4 Å². The highest BCUT2D eigenvalue weighted by Gasteiger charge is 2.12. The predicted octanol–water partition coefficient (Wildman–Crippen LogP) is 3.89. The molecular weight excluding hydrogens is 356 g/mol. The van der Waals surface area contributed by atoms with Crippen LogP contribution in [0, 0.1) is 0 Å². The van der Waals surface area contributed by atoms with Gasteiger partial charge in [-0.05, 0) is 24.6 Å². The second kappa shape index (κ2) is 8.75. The summed E-state index contributed by atoms with van der Waals surface area (Å²) >= 11 is 0. The van der Waals surface area contributed by atoms with Gasteiger partial charge in [0.25, 0.3) is 5.91 Å². The van der Waals surface area contributed by atoms with Crippen LogP contribution in [0.5, 0.6) is 0 Å². The molecule has 0 fully saturated rings. The fourth-order valence-electron chi connectivity index (χ4n) is 2.60. The molecule has 0 aliphatic rings. The van der Waals surface area contributed by atoms with Crippen molar-refractivity contribution in [3.8, 4) is 11.3 Å². The molecule has 7 heteroatoms. The first-order chi connectivity index (χ1) is 13.5. The average Bonchev–Trinajstić information content (AvgIpc) is 3.21. The number of ether oxygens (including phenoxy) is 1. The van der Waals surface area contributed by atoms with Gasteiger partial charge in [-0.15, -0.1) is 0 Å². The van der Waals surface area contributed by atoms with E-state index in [0.717, 1.165) is 16.8 Å². The Kier molecular flexibility index (Phi) is 6.16. The van der Waals surface area contributed by atoms with E-state index in [1.807, 2.05) is 51.1 Å². The van der Waals surface area contributed by atoms with Crippen molar-refractivity contribution in [3.63, 3.8) is 0 Å². The summed E-state index contributed by atoms with van der Waals surface area (Å²) in [7, 11) is 1.69. The van der Waals surface area contributed by atoms with Crippen molar-refractivity contribution in [3.05, 3.63) is 65.4 Å². The van der Waals surface area contributed by atoms with Crippen LogP contribution in [0.3, 0.4) is 0 Å². The van der Waals surface area contributed by atoms with Gasteiger partial charge >= 0.3 is 0 Å². The molecule has 3 aromatic rings. The van der Waals surface area contributed by atoms with Crippen molar-refractivity contribution in [1.82, 2.24) is 20.4 Å². The van der Waals surface area contributed by atoms with Gasteiger partial charge in [-0.25, -0.2) is 0 Å². The third-order valence-corrected chi connectivity index (χ3v) is 4.44. The average molecular weight is 380 g/mol. The number of pyridine rings is 1. The fraction of sp³-hybridized carbons (Fsp3) is 0.333. The van der Waals surface area contributed by atoms with Gasteiger partial charge in [-0.2, -0.15) is 4.98 Å². The molecule has 0 aliphatic heterocycles. The van der Waals surface area contributed by atoms with Gasteiger partial charge in [0.05, 0.1) is 23.9 Å². The second-order valence-electron chi connectivity index (χ2n) is 6.82. The monoisotopic (exact) mass is 380 g/mol. The minimum absolute atomic E-state index is 0.0453. The quantitative estimate of drug-likeness (QED) is 0.669. The van der Waals surface area contributed by atoms with Crippen molar-refractivity contribution >= 4 is 5.91 Å². The predicted molar refractivity (Wildman–Crippen MR) is 105 cm³/mol. The third-order valence-electron chi connectivity index (χ3n) is 4.44. The molecule has 0 saturated heterocycles. The maximum atomic E-state index is 12.3. The lowest BCUT2D eigenvalue weighted by molar-refractivity contribution is 0.0949. The van der Waals surface area contributed by atoms with Crippen LogP contribution in [0.2, 0.25) is 0 Å². The molecule has 0 aliphatic carbocycles. The minimum atomic E-state index is -0.237. The van der Waals surface area contributed by atoms with Crippen LogP contribution < -0.4 is 5.32 Å². The van der Waals surface area contributed by atoms with E-state index in [1.54, 1.807) is 19.4 Å². The first kappa shape index (κ1) is 19.7. The van der Waals surface area contributed by atoms with Gasteiger partial charge in [0.2, 0.25) is 5.89 Å². The molecule has 2 aromatic heterocycles. The van der Waals surface area contributed by atoms with E-state index in [-0.39, 0.29) is 24.5 Å². The number of carbonyl (C=O) groups excluding carboxylic acids is 1. The van der Waals surface area contributed by atoms with Gasteiger partial charge in [0.1, 0.15) is 0 Å². The number of hydrogen-bond acceptors (Lipinski definition) is 6. The number of carbonyl (C=O) groups is 1. The van der Waals surface area contributed by atoms with Gasteiger partial charge < -0.3 is 14.6 Å². The van der Waals surface area contributed by atoms with Gasteiger partial charge in [-0.1, -0.05) is 43.3 Å². The van der Waals surface area contributed by atoms with Crippen LogP contribution in [0.25, 0.3) is 11.3 Å². The van der Waals surface area contributed by atoms with E-state index in [1.165, 1.54) is 0 Å². The molecule has 1 amide bonds. The van der Waals surface area contributed by atoms with Crippen LogP contribution in [0.15, 0.2) is 47.1 Å². The molecule has 3 rings (SSSR count). The maximum absolute atomic E-state index is 12.3. The van der Waals surface area contributed by atoms with Crippen molar-refractivity contribution < 1.29 is 14.1 Å². The Labute approximate surface area is 164 Å². The van der Waals surface area contributed by atoms with Crippen molar-refractivity contribution in [2.24, 2.45) is 0 Å². The lowest BCUT2D eigenvalue weighted by Crippen LogP contribution is -2.23. The molecule has 7 nitrogen and oxygen atoms in total. The van der Waals surface area contributed by atoms with Crippen LogP contribution in [0.4, 0.5) is 0 Å². The highest BCUT2D eigenvalue weighted by atomic mass is 16.5. The number of aromatic nitrogens is 3. The number of rotatable bonds is 7. The molecule has 0 spiro atoms. The second-order valence-corrected chi connectivity index (χ2v) is 6.82. The zero-order chi connectivity index (χ0) is 20.1. The first-order valence-electron chi connectivity index (χ1n) is 9.17.